The standard InChI is InChI=1S/C18H17ClN2O4/c1-25-17(23)11-20-18(24)12-6-8-14(9-7-12)21-16(22)10-13-4-2-3-5-15(13)19/h2-9H,10-11H2,1H3,(H,20,24)(H,21,22). The third kappa shape index (κ3) is 5.61. The Kier molecular flexibility index (Phi) is 6.54. The molecule has 2 N–H and O–H groups in total. The number of halogens is 1. The number of benzene rings is 2. The van der Waals surface area contributed by atoms with Crippen molar-refractivity contribution in [2.75, 3.05) is 19.0 Å². The van der Waals surface area contributed by atoms with Crippen LogP contribution < -0.4 is 10.6 Å². The molecule has 25 heavy (non-hydrogen) atoms. The molecular weight excluding hydrogens is 344 g/mol. The fraction of sp³-hybridized carbons (Fsp3) is 0.167. The third-order valence-electron chi connectivity index (χ3n) is 3.36. The number of rotatable bonds is 6. The molecule has 0 atom stereocenters. The Morgan fingerprint density at radius 1 is 1.04 bits per heavy atom. The third-order valence-corrected chi connectivity index (χ3v) is 3.73. The highest BCUT2D eigenvalue weighted by Gasteiger charge is 2.10. The van der Waals surface area contributed by atoms with Crippen LogP contribution in [0.1, 0.15) is 15.9 Å². The van der Waals surface area contributed by atoms with Crippen LogP contribution in [0.15, 0.2) is 48.5 Å². The maximum atomic E-state index is 12.1. The van der Waals surface area contributed by atoms with Gasteiger partial charge in [0.15, 0.2) is 0 Å². The highest BCUT2D eigenvalue weighted by atomic mass is 35.5. The van der Waals surface area contributed by atoms with E-state index in [1.807, 2.05) is 6.07 Å². The van der Waals surface area contributed by atoms with Crippen molar-refractivity contribution in [3.63, 3.8) is 0 Å². The Morgan fingerprint density at radius 2 is 1.72 bits per heavy atom. The smallest absolute Gasteiger partial charge is 0.325 e. The monoisotopic (exact) mass is 360 g/mol. The summed E-state index contributed by atoms with van der Waals surface area (Å²) in [5.74, 6) is -1.15. The molecule has 0 aliphatic carbocycles. The first kappa shape index (κ1) is 18.5. The van der Waals surface area contributed by atoms with Crippen molar-refractivity contribution in [1.82, 2.24) is 5.32 Å². The number of anilines is 1. The summed E-state index contributed by atoms with van der Waals surface area (Å²) < 4.78 is 4.45. The van der Waals surface area contributed by atoms with E-state index < -0.39 is 11.9 Å². The van der Waals surface area contributed by atoms with E-state index in [2.05, 4.69) is 15.4 Å². The predicted octanol–water partition coefficient (Wildman–Crippen LogP) is 2.42. The van der Waals surface area contributed by atoms with Gasteiger partial charge in [0.2, 0.25) is 5.91 Å². The van der Waals surface area contributed by atoms with Gasteiger partial charge in [-0.3, -0.25) is 14.4 Å². The minimum absolute atomic E-state index is 0.154. The summed E-state index contributed by atoms with van der Waals surface area (Å²) >= 11 is 6.03. The molecular formula is C18H17ClN2O4. The molecule has 2 aromatic rings. The first-order chi connectivity index (χ1) is 12.0. The molecule has 0 aliphatic heterocycles. The number of ether oxygens (including phenoxy) is 1. The van der Waals surface area contributed by atoms with E-state index in [-0.39, 0.29) is 18.9 Å². The lowest BCUT2D eigenvalue weighted by molar-refractivity contribution is -0.139. The maximum Gasteiger partial charge on any atom is 0.325 e. The molecule has 130 valence electrons. The van der Waals surface area contributed by atoms with Crippen LogP contribution in [0, 0.1) is 0 Å². The summed E-state index contributed by atoms with van der Waals surface area (Å²) in [6, 6.07) is 13.5. The normalized spacial score (nSPS) is 10.0. The van der Waals surface area contributed by atoms with E-state index in [9.17, 15) is 14.4 Å². The van der Waals surface area contributed by atoms with Crippen LogP contribution in [-0.2, 0) is 20.7 Å². The summed E-state index contributed by atoms with van der Waals surface area (Å²) in [4.78, 5) is 34.9. The van der Waals surface area contributed by atoms with Crippen LogP contribution in [-0.4, -0.2) is 31.4 Å². The number of nitrogens with one attached hydrogen (secondary N) is 2. The molecule has 6 nitrogen and oxygen atoms in total. The minimum Gasteiger partial charge on any atom is -0.468 e. The Labute approximate surface area is 150 Å². The van der Waals surface area contributed by atoms with Crippen molar-refractivity contribution in [1.29, 1.82) is 0 Å². The van der Waals surface area contributed by atoms with Crippen molar-refractivity contribution in [3.8, 4) is 0 Å². The number of carbonyl (C=O) groups is 3. The Morgan fingerprint density at radius 3 is 2.36 bits per heavy atom. The van der Waals surface area contributed by atoms with Crippen molar-refractivity contribution in [2.24, 2.45) is 0 Å². The van der Waals surface area contributed by atoms with Gasteiger partial charge in [-0.2, -0.15) is 0 Å². The molecule has 0 spiro atoms. The summed E-state index contributed by atoms with van der Waals surface area (Å²) in [5.41, 5.74) is 1.66. The van der Waals surface area contributed by atoms with Gasteiger partial charge in [0.25, 0.3) is 5.91 Å². The van der Waals surface area contributed by atoms with E-state index in [1.165, 1.54) is 7.11 Å². The Hall–Kier alpha value is -2.86. The topological polar surface area (TPSA) is 84.5 Å². The van der Waals surface area contributed by atoms with E-state index in [4.69, 9.17) is 11.6 Å². The van der Waals surface area contributed by atoms with Crippen molar-refractivity contribution in [2.45, 2.75) is 6.42 Å². The first-order valence-electron chi connectivity index (χ1n) is 7.48. The summed E-state index contributed by atoms with van der Waals surface area (Å²) in [5, 5.41) is 5.71. The molecule has 0 unspecified atom stereocenters. The second-order valence-electron chi connectivity index (χ2n) is 5.15. The zero-order valence-corrected chi connectivity index (χ0v) is 14.3. The van der Waals surface area contributed by atoms with Gasteiger partial charge in [-0.1, -0.05) is 29.8 Å². The summed E-state index contributed by atoms with van der Waals surface area (Å²) in [7, 11) is 1.24. The van der Waals surface area contributed by atoms with Crippen LogP contribution in [0.4, 0.5) is 5.69 Å². The van der Waals surface area contributed by atoms with Gasteiger partial charge in [0, 0.05) is 16.3 Å². The molecule has 7 heteroatoms. The molecule has 0 fully saturated rings. The summed E-state index contributed by atoms with van der Waals surface area (Å²) in [6.45, 7) is -0.203. The molecule has 0 radical (unpaired) electrons. The highest BCUT2D eigenvalue weighted by molar-refractivity contribution is 6.31. The predicted molar refractivity (Wildman–Crippen MR) is 94.6 cm³/mol. The Balaban J connectivity index is 1.91. The average Bonchev–Trinajstić information content (AvgIpc) is 2.62. The van der Waals surface area contributed by atoms with E-state index in [0.717, 1.165) is 5.56 Å². The van der Waals surface area contributed by atoms with Gasteiger partial charge in [0.05, 0.1) is 13.5 Å². The zero-order chi connectivity index (χ0) is 18.2. The minimum atomic E-state index is -0.531. The maximum absolute atomic E-state index is 12.1. The number of amides is 2. The van der Waals surface area contributed by atoms with Gasteiger partial charge in [0.1, 0.15) is 6.54 Å². The van der Waals surface area contributed by atoms with Crippen molar-refractivity contribution >= 4 is 35.1 Å². The van der Waals surface area contributed by atoms with Gasteiger partial charge in [-0.15, -0.1) is 0 Å². The number of hydrogen-bond acceptors (Lipinski definition) is 4. The molecule has 2 amide bonds. The van der Waals surface area contributed by atoms with Crippen molar-refractivity contribution < 1.29 is 19.1 Å². The van der Waals surface area contributed by atoms with Crippen LogP contribution in [0.25, 0.3) is 0 Å². The molecule has 0 saturated carbocycles. The number of esters is 1. The van der Waals surface area contributed by atoms with Crippen LogP contribution >= 0.6 is 11.6 Å². The fourth-order valence-corrected chi connectivity index (χ4v) is 2.25. The van der Waals surface area contributed by atoms with Crippen molar-refractivity contribution in [3.05, 3.63) is 64.7 Å². The lowest BCUT2D eigenvalue weighted by atomic mass is 10.1. The molecule has 0 bridgehead atoms. The lowest BCUT2D eigenvalue weighted by Gasteiger charge is -2.08. The number of hydrogen-bond donors (Lipinski definition) is 2. The number of methoxy groups -OCH3 is 1. The largest absolute Gasteiger partial charge is 0.468 e. The second kappa shape index (κ2) is 8.84. The average molecular weight is 361 g/mol. The highest BCUT2D eigenvalue weighted by Crippen LogP contribution is 2.16. The molecule has 2 aromatic carbocycles. The second-order valence-corrected chi connectivity index (χ2v) is 5.56. The first-order valence-corrected chi connectivity index (χ1v) is 7.85. The van der Waals surface area contributed by atoms with Gasteiger partial charge in [-0.05, 0) is 35.9 Å². The molecule has 0 aromatic heterocycles. The van der Waals surface area contributed by atoms with E-state index in [0.29, 0.717) is 16.3 Å². The zero-order valence-electron chi connectivity index (χ0n) is 13.5. The van der Waals surface area contributed by atoms with E-state index in [1.54, 1.807) is 42.5 Å². The van der Waals surface area contributed by atoms with E-state index >= 15 is 0 Å². The lowest BCUT2D eigenvalue weighted by Crippen LogP contribution is -2.30. The fourth-order valence-electron chi connectivity index (χ4n) is 2.05. The quantitative estimate of drug-likeness (QED) is 0.775. The molecule has 0 aliphatic rings. The number of carbonyl (C=O) groups excluding carboxylic acids is 3. The SMILES string of the molecule is COC(=O)CNC(=O)c1ccc(NC(=O)Cc2ccccc2Cl)cc1. The van der Waals surface area contributed by atoms with Crippen LogP contribution in [0.5, 0.6) is 0 Å². The van der Waals surface area contributed by atoms with Gasteiger partial charge >= 0.3 is 5.97 Å². The summed E-state index contributed by atoms with van der Waals surface area (Å²) in [6.07, 6.45) is 0.154. The Bertz CT molecular complexity index is 775. The molecule has 2 rings (SSSR count). The molecule has 0 saturated heterocycles. The molecule has 0 heterocycles. The van der Waals surface area contributed by atoms with Gasteiger partial charge < -0.3 is 15.4 Å². The van der Waals surface area contributed by atoms with Gasteiger partial charge in [-0.25, -0.2) is 0 Å². The van der Waals surface area contributed by atoms with Crippen LogP contribution in [0.3, 0.4) is 0 Å². The van der Waals surface area contributed by atoms with Crippen LogP contribution in [0.2, 0.25) is 5.02 Å².